The Labute approximate surface area is 92.1 Å². The zero-order valence-corrected chi connectivity index (χ0v) is 9.19. The molecule has 0 saturated heterocycles. The lowest BCUT2D eigenvalue weighted by atomic mass is 10.1. The first kappa shape index (κ1) is 10.2. The maximum absolute atomic E-state index is 13.1. The molecule has 0 aliphatic carbocycles. The molecule has 0 bridgehead atoms. The maximum atomic E-state index is 13.1. The molecule has 1 aromatic carbocycles. The lowest BCUT2D eigenvalue weighted by Gasteiger charge is -2.08. The van der Waals surface area contributed by atoms with Gasteiger partial charge in [0.1, 0.15) is 5.82 Å². The van der Waals surface area contributed by atoms with Crippen LogP contribution >= 0.6 is 11.6 Å². The summed E-state index contributed by atoms with van der Waals surface area (Å²) in [5, 5.41) is 4.16. The molecular weight excluding hydrogens is 215 g/mol. The number of hydrogen-bond donors (Lipinski definition) is 1. The van der Waals surface area contributed by atoms with Gasteiger partial charge in [-0.2, -0.15) is 0 Å². The molecule has 78 valence electrons. The van der Waals surface area contributed by atoms with E-state index >= 15 is 0 Å². The summed E-state index contributed by atoms with van der Waals surface area (Å²) in [5.41, 5.74) is 2.26. The fourth-order valence-electron chi connectivity index (χ4n) is 1.62. The molecule has 0 spiro atoms. The SMILES string of the molecule is CNc1cc(C)nc2cc(F)cc(Cl)c12. The molecular formula is C11H10ClFN2. The van der Waals surface area contributed by atoms with Crippen molar-refractivity contribution in [3.05, 3.63) is 34.7 Å². The Kier molecular flexibility index (Phi) is 2.49. The van der Waals surface area contributed by atoms with Gasteiger partial charge in [-0.25, -0.2) is 4.39 Å². The Balaban J connectivity index is 2.90. The molecule has 0 unspecified atom stereocenters. The van der Waals surface area contributed by atoms with Crippen molar-refractivity contribution in [3.63, 3.8) is 0 Å². The van der Waals surface area contributed by atoms with Gasteiger partial charge >= 0.3 is 0 Å². The Hall–Kier alpha value is -1.35. The number of nitrogens with zero attached hydrogens (tertiary/aromatic N) is 1. The molecule has 0 atom stereocenters. The van der Waals surface area contributed by atoms with Crippen molar-refractivity contribution >= 4 is 28.2 Å². The van der Waals surface area contributed by atoms with E-state index in [9.17, 15) is 4.39 Å². The van der Waals surface area contributed by atoms with Gasteiger partial charge in [-0.15, -0.1) is 0 Å². The highest BCUT2D eigenvalue weighted by Crippen LogP contribution is 2.30. The summed E-state index contributed by atoms with van der Waals surface area (Å²) in [6.45, 7) is 1.86. The number of anilines is 1. The molecule has 2 aromatic rings. The van der Waals surface area contributed by atoms with E-state index in [0.29, 0.717) is 10.5 Å². The first-order chi connectivity index (χ1) is 7.11. The normalized spacial score (nSPS) is 10.7. The summed E-state index contributed by atoms with van der Waals surface area (Å²) < 4.78 is 13.1. The molecule has 1 heterocycles. The van der Waals surface area contributed by atoms with Crippen LogP contribution in [0.25, 0.3) is 10.9 Å². The van der Waals surface area contributed by atoms with Gasteiger partial charge < -0.3 is 5.32 Å². The van der Waals surface area contributed by atoms with Crippen LogP contribution in [0.4, 0.5) is 10.1 Å². The fraction of sp³-hybridized carbons (Fsp3) is 0.182. The zero-order valence-electron chi connectivity index (χ0n) is 8.44. The third-order valence-electron chi connectivity index (χ3n) is 2.22. The quantitative estimate of drug-likeness (QED) is 0.803. The second-order valence-electron chi connectivity index (χ2n) is 3.34. The van der Waals surface area contributed by atoms with Gasteiger partial charge in [-0.05, 0) is 19.1 Å². The van der Waals surface area contributed by atoms with Crippen molar-refractivity contribution in [1.29, 1.82) is 0 Å². The highest BCUT2D eigenvalue weighted by atomic mass is 35.5. The minimum atomic E-state index is -0.368. The monoisotopic (exact) mass is 224 g/mol. The zero-order chi connectivity index (χ0) is 11.0. The summed E-state index contributed by atoms with van der Waals surface area (Å²) >= 11 is 5.98. The van der Waals surface area contributed by atoms with Crippen molar-refractivity contribution in [2.75, 3.05) is 12.4 Å². The van der Waals surface area contributed by atoms with Crippen LogP contribution in [0, 0.1) is 12.7 Å². The standard InChI is InChI=1S/C11H10ClFN2/c1-6-3-9(14-2)11-8(12)4-7(13)5-10(11)15-6/h3-5H,1-2H3,(H,14,15). The number of nitrogens with one attached hydrogen (secondary N) is 1. The molecule has 0 fully saturated rings. The maximum Gasteiger partial charge on any atom is 0.126 e. The van der Waals surface area contributed by atoms with E-state index in [1.54, 1.807) is 7.05 Å². The number of fused-ring (bicyclic) bond motifs is 1. The van der Waals surface area contributed by atoms with Crippen molar-refractivity contribution in [2.24, 2.45) is 0 Å². The molecule has 0 radical (unpaired) electrons. The molecule has 1 aromatic heterocycles. The van der Waals surface area contributed by atoms with Crippen molar-refractivity contribution < 1.29 is 4.39 Å². The van der Waals surface area contributed by atoms with Crippen molar-refractivity contribution in [1.82, 2.24) is 4.98 Å². The van der Waals surface area contributed by atoms with Crippen LogP contribution in [0.2, 0.25) is 5.02 Å². The van der Waals surface area contributed by atoms with Gasteiger partial charge in [0.25, 0.3) is 0 Å². The third-order valence-corrected chi connectivity index (χ3v) is 2.52. The number of rotatable bonds is 1. The lowest BCUT2D eigenvalue weighted by Crippen LogP contribution is -1.94. The first-order valence-electron chi connectivity index (χ1n) is 4.56. The molecule has 2 rings (SSSR count). The van der Waals surface area contributed by atoms with Gasteiger partial charge in [0, 0.05) is 29.9 Å². The molecule has 2 nitrogen and oxygen atoms in total. The molecule has 1 N–H and O–H groups in total. The Bertz CT molecular complexity index is 520. The minimum absolute atomic E-state index is 0.368. The summed E-state index contributed by atoms with van der Waals surface area (Å²) in [5.74, 6) is -0.368. The number of hydrogen-bond acceptors (Lipinski definition) is 2. The van der Waals surface area contributed by atoms with Crippen molar-refractivity contribution in [3.8, 4) is 0 Å². The van der Waals surface area contributed by atoms with Crippen molar-refractivity contribution in [2.45, 2.75) is 6.92 Å². The predicted octanol–water partition coefficient (Wildman–Crippen LogP) is 3.38. The van der Waals surface area contributed by atoms with E-state index in [4.69, 9.17) is 11.6 Å². The smallest absolute Gasteiger partial charge is 0.126 e. The Morgan fingerprint density at radius 2 is 2.07 bits per heavy atom. The average molecular weight is 225 g/mol. The van der Waals surface area contributed by atoms with Gasteiger partial charge in [-0.3, -0.25) is 4.98 Å². The first-order valence-corrected chi connectivity index (χ1v) is 4.94. The molecule has 4 heteroatoms. The van der Waals surface area contributed by atoms with Gasteiger partial charge in [-0.1, -0.05) is 11.6 Å². The Morgan fingerprint density at radius 3 is 2.73 bits per heavy atom. The highest BCUT2D eigenvalue weighted by Gasteiger charge is 2.08. The largest absolute Gasteiger partial charge is 0.387 e. The minimum Gasteiger partial charge on any atom is -0.387 e. The Morgan fingerprint density at radius 1 is 1.33 bits per heavy atom. The van der Waals surface area contributed by atoms with Crippen LogP contribution in [0.15, 0.2) is 18.2 Å². The van der Waals surface area contributed by atoms with E-state index < -0.39 is 0 Å². The van der Waals surface area contributed by atoms with Crippen LogP contribution in [0.1, 0.15) is 5.69 Å². The number of aryl methyl sites for hydroxylation is 1. The number of halogens is 2. The van der Waals surface area contributed by atoms with Crippen LogP contribution in [0.5, 0.6) is 0 Å². The molecule has 0 aliphatic heterocycles. The highest BCUT2D eigenvalue weighted by molar-refractivity contribution is 6.36. The predicted molar refractivity (Wildman–Crippen MR) is 61.0 cm³/mol. The van der Waals surface area contributed by atoms with Crippen LogP contribution in [0.3, 0.4) is 0 Å². The molecule has 0 saturated carbocycles. The van der Waals surface area contributed by atoms with Crippen LogP contribution in [-0.4, -0.2) is 12.0 Å². The molecule has 0 amide bonds. The van der Waals surface area contributed by atoms with E-state index in [-0.39, 0.29) is 5.82 Å². The fourth-order valence-corrected chi connectivity index (χ4v) is 1.92. The lowest BCUT2D eigenvalue weighted by molar-refractivity contribution is 0.629. The summed E-state index contributed by atoms with van der Waals surface area (Å²) in [6.07, 6.45) is 0. The molecule has 0 aliphatic rings. The van der Waals surface area contributed by atoms with E-state index in [1.807, 2.05) is 13.0 Å². The van der Waals surface area contributed by atoms with E-state index in [1.165, 1.54) is 12.1 Å². The topological polar surface area (TPSA) is 24.9 Å². The summed E-state index contributed by atoms with van der Waals surface area (Å²) in [4.78, 5) is 4.24. The third kappa shape index (κ3) is 1.75. The number of aromatic nitrogens is 1. The number of pyridine rings is 1. The van der Waals surface area contributed by atoms with Gasteiger partial charge in [0.2, 0.25) is 0 Å². The van der Waals surface area contributed by atoms with E-state index in [0.717, 1.165) is 16.8 Å². The second kappa shape index (κ2) is 3.66. The molecule has 15 heavy (non-hydrogen) atoms. The van der Waals surface area contributed by atoms with Crippen LogP contribution in [-0.2, 0) is 0 Å². The van der Waals surface area contributed by atoms with Crippen LogP contribution < -0.4 is 5.32 Å². The summed E-state index contributed by atoms with van der Waals surface area (Å²) in [7, 11) is 1.80. The van der Waals surface area contributed by atoms with Gasteiger partial charge in [0.15, 0.2) is 0 Å². The van der Waals surface area contributed by atoms with Gasteiger partial charge in [0.05, 0.1) is 10.5 Å². The summed E-state index contributed by atoms with van der Waals surface area (Å²) in [6, 6.07) is 4.56. The number of benzene rings is 1. The second-order valence-corrected chi connectivity index (χ2v) is 3.75. The van der Waals surface area contributed by atoms with E-state index in [2.05, 4.69) is 10.3 Å². The average Bonchev–Trinajstić information content (AvgIpc) is 2.14.